The Morgan fingerprint density at radius 2 is 1.69 bits per heavy atom. The average Bonchev–Trinajstić information content (AvgIpc) is 2.75. The fourth-order valence-electron chi connectivity index (χ4n) is 2.41. The Kier molecular flexibility index (Phi) is 5.91. The molecule has 1 aromatic rings. The van der Waals surface area contributed by atoms with Crippen LogP contribution >= 0.6 is 0 Å². The molecule has 2 rings (SSSR count). The summed E-state index contributed by atoms with van der Waals surface area (Å²) in [6.07, 6.45) is 4.24. The summed E-state index contributed by atoms with van der Waals surface area (Å²) in [7, 11) is 0.677. The second-order valence-electron chi connectivity index (χ2n) is 4.46. The van der Waals surface area contributed by atoms with E-state index in [0.717, 1.165) is 5.25 Å². The maximum absolute atomic E-state index is 2.34. The summed E-state index contributed by atoms with van der Waals surface area (Å²) in [4.78, 5) is 0. The van der Waals surface area contributed by atoms with Crippen molar-refractivity contribution in [1.82, 2.24) is 0 Å². The second-order valence-corrected chi connectivity index (χ2v) is 6.92. The van der Waals surface area contributed by atoms with Crippen LogP contribution in [0.3, 0.4) is 0 Å². The van der Waals surface area contributed by atoms with Gasteiger partial charge in [-0.15, -0.1) is 0 Å². The van der Waals surface area contributed by atoms with Crippen molar-refractivity contribution in [3.05, 3.63) is 35.4 Å². The Bertz CT molecular complexity index is 301. The molecule has 0 aromatic heterocycles. The first kappa shape index (κ1) is 14.1. The molecule has 0 amide bonds. The first-order valence-electron chi connectivity index (χ1n) is 6.04. The predicted molar refractivity (Wildman–Crippen MR) is 70.5 cm³/mol. The smallest absolute Gasteiger partial charge is 0.143 e. The fraction of sp³-hybridized carbons (Fsp3) is 0.571. The number of aryl methyl sites for hydroxylation is 1. The summed E-state index contributed by atoms with van der Waals surface area (Å²) < 4.78 is 0. The SMILES string of the molecule is CCC(c1ccc(C)cc1)[S+]1CCCC1.[Br-]. The highest BCUT2D eigenvalue weighted by Crippen LogP contribution is 2.33. The summed E-state index contributed by atoms with van der Waals surface area (Å²) in [5, 5.41) is 0.841. The minimum Gasteiger partial charge on any atom is -1.00 e. The van der Waals surface area contributed by atoms with Gasteiger partial charge in [-0.1, -0.05) is 36.8 Å². The molecule has 0 aliphatic carbocycles. The van der Waals surface area contributed by atoms with E-state index in [9.17, 15) is 0 Å². The van der Waals surface area contributed by atoms with Crippen molar-refractivity contribution < 1.29 is 17.0 Å². The number of rotatable bonds is 3. The van der Waals surface area contributed by atoms with Crippen LogP contribution in [0.5, 0.6) is 0 Å². The van der Waals surface area contributed by atoms with Crippen molar-refractivity contribution in [2.24, 2.45) is 0 Å². The molecule has 0 radical (unpaired) electrons. The third-order valence-electron chi connectivity index (χ3n) is 3.29. The lowest BCUT2D eigenvalue weighted by Crippen LogP contribution is -3.00. The molecule has 1 fully saturated rings. The van der Waals surface area contributed by atoms with Crippen LogP contribution in [-0.4, -0.2) is 11.5 Å². The maximum Gasteiger partial charge on any atom is 0.143 e. The zero-order valence-electron chi connectivity index (χ0n) is 10.2. The van der Waals surface area contributed by atoms with E-state index in [2.05, 4.69) is 38.1 Å². The summed E-state index contributed by atoms with van der Waals surface area (Å²) in [6.45, 7) is 4.51. The van der Waals surface area contributed by atoms with Gasteiger partial charge in [-0.2, -0.15) is 0 Å². The standard InChI is InChI=1S/C14H21S.BrH/c1-3-14(15-10-4-5-11-15)13-8-6-12(2)7-9-13;/h6-9,14H,3-5,10-11H2,1-2H3;1H/q+1;/p-1. The van der Waals surface area contributed by atoms with Gasteiger partial charge in [-0.05, 0) is 37.1 Å². The summed E-state index contributed by atoms with van der Waals surface area (Å²) >= 11 is 0. The first-order chi connectivity index (χ1) is 7.31. The third kappa shape index (κ3) is 3.27. The third-order valence-corrected chi connectivity index (χ3v) is 6.32. The van der Waals surface area contributed by atoms with E-state index in [0.29, 0.717) is 10.9 Å². The average molecular weight is 301 g/mol. The molecule has 1 aliphatic heterocycles. The van der Waals surface area contributed by atoms with Gasteiger partial charge in [0.25, 0.3) is 0 Å². The summed E-state index contributed by atoms with van der Waals surface area (Å²) in [5.74, 6) is 2.96. The van der Waals surface area contributed by atoms with Crippen molar-refractivity contribution in [1.29, 1.82) is 0 Å². The molecule has 0 N–H and O–H groups in total. The molecular formula is C14H21BrS. The van der Waals surface area contributed by atoms with Crippen molar-refractivity contribution in [3.8, 4) is 0 Å². The molecule has 0 saturated carbocycles. The molecule has 1 saturated heterocycles. The predicted octanol–water partition coefficient (Wildman–Crippen LogP) is 0.862. The Morgan fingerprint density at radius 1 is 1.12 bits per heavy atom. The molecule has 16 heavy (non-hydrogen) atoms. The van der Waals surface area contributed by atoms with Crippen LogP contribution in [0.2, 0.25) is 0 Å². The van der Waals surface area contributed by atoms with Crippen LogP contribution < -0.4 is 17.0 Å². The van der Waals surface area contributed by atoms with Gasteiger partial charge in [0, 0.05) is 5.56 Å². The zero-order chi connectivity index (χ0) is 10.7. The molecule has 90 valence electrons. The number of halogens is 1. The van der Waals surface area contributed by atoms with Crippen molar-refractivity contribution in [2.75, 3.05) is 11.5 Å². The van der Waals surface area contributed by atoms with Gasteiger partial charge >= 0.3 is 0 Å². The molecule has 1 aliphatic rings. The molecule has 2 heteroatoms. The van der Waals surface area contributed by atoms with E-state index in [1.165, 1.54) is 36.3 Å². The Balaban J connectivity index is 0.00000128. The van der Waals surface area contributed by atoms with Crippen LogP contribution in [0.1, 0.15) is 42.6 Å². The molecule has 1 atom stereocenters. The van der Waals surface area contributed by atoms with Gasteiger partial charge in [0.05, 0.1) is 0 Å². The highest BCUT2D eigenvalue weighted by molar-refractivity contribution is 7.97. The van der Waals surface area contributed by atoms with Gasteiger partial charge < -0.3 is 17.0 Å². The van der Waals surface area contributed by atoms with Crippen LogP contribution in [0.25, 0.3) is 0 Å². The van der Waals surface area contributed by atoms with Crippen molar-refractivity contribution in [3.63, 3.8) is 0 Å². The quantitative estimate of drug-likeness (QED) is 0.727. The monoisotopic (exact) mass is 300 g/mol. The zero-order valence-corrected chi connectivity index (χ0v) is 12.6. The lowest BCUT2D eigenvalue weighted by atomic mass is 10.1. The van der Waals surface area contributed by atoms with Gasteiger partial charge in [-0.25, -0.2) is 0 Å². The van der Waals surface area contributed by atoms with E-state index in [1.54, 1.807) is 5.56 Å². The van der Waals surface area contributed by atoms with Gasteiger partial charge in [0.2, 0.25) is 0 Å². The van der Waals surface area contributed by atoms with E-state index >= 15 is 0 Å². The van der Waals surface area contributed by atoms with Gasteiger partial charge in [-0.3, -0.25) is 0 Å². The van der Waals surface area contributed by atoms with Crippen LogP contribution in [0, 0.1) is 6.92 Å². The number of hydrogen-bond donors (Lipinski definition) is 0. The molecule has 1 heterocycles. The highest BCUT2D eigenvalue weighted by Gasteiger charge is 2.33. The highest BCUT2D eigenvalue weighted by atomic mass is 79.9. The molecule has 0 bridgehead atoms. The molecular weight excluding hydrogens is 280 g/mol. The first-order valence-corrected chi connectivity index (χ1v) is 7.66. The van der Waals surface area contributed by atoms with Crippen LogP contribution in [0.4, 0.5) is 0 Å². The summed E-state index contributed by atoms with van der Waals surface area (Å²) in [6, 6.07) is 9.21. The largest absolute Gasteiger partial charge is 1.00 e. The Labute approximate surface area is 113 Å². The topological polar surface area (TPSA) is 0 Å². The molecule has 1 aromatic carbocycles. The lowest BCUT2D eigenvalue weighted by Gasteiger charge is -2.14. The van der Waals surface area contributed by atoms with Gasteiger partial charge in [0.1, 0.15) is 16.8 Å². The Morgan fingerprint density at radius 3 is 2.19 bits per heavy atom. The van der Waals surface area contributed by atoms with Crippen LogP contribution in [-0.2, 0) is 10.9 Å². The molecule has 0 nitrogen and oxygen atoms in total. The minimum absolute atomic E-state index is 0. The normalized spacial score (nSPS) is 18.1. The number of hydrogen-bond acceptors (Lipinski definition) is 0. The number of benzene rings is 1. The van der Waals surface area contributed by atoms with E-state index in [-0.39, 0.29) is 17.0 Å². The second kappa shape index (κ2) is 6.70. The molecule has 0 spiro atoms. The van der Waals surface area contributed by atoms with E-state index in [4.69, 9.17) is 0 Å². The van der Waals surface area contributed by atoms with E-state index in [1.807, 2.05) is 0 Å². The van der Waals surface area contributed by atoms with Crippen molar-refractivity contribution >= 4 is 10.9 Å². The lowest BCUT2D eigenvalue weighted by molar-refractivity contribution is -0.00000320. The summed E-state index contributed by atoms with van der Waals surface area (Å²) in [5.41, 5.74) is 2.96. The molecule has 1 unspecified atom stereocenters. The Hall–Kier alpha value is 0.0500. The fourth-order valence-corrected chi connectivity index (χ4v) is 5.34. The van der Waals surface area contributed by atoms with E-state index < -0.39 is 0 Å². The van der Waals surface area contributed by atoms with Crippen molar-refractivity contribution in [2.45, 2.75) is 38.4 Å². The van der Waals surface area contributed by atoms with Crippen LogP contribution in [0.15, 0.2) is 24.3 Å². The maximum atomic E-state index is 2.34. The van der Waals surface area contributed by atoms with Gasteiger partial charge in [0.15, 0.2) is 0 Å². The minimum atomic E-state index is 0.